The third-order valence-corrected chi connectivity index (χ3v) is 5.89. The number of amides is 2. The Hall–Kier alpha value is -2.38. The minimum Gasteiger partial charge on any atom is -0.462 e. The smallest absolute Gasteiger partial charge is 0.341 e. The van der Waals surface area contributed by atoms with Gasteiger partial charge in [0.1, 0.15) is 5.00 Å². The molecule has 2 N–H and O–H groups in total. The predicted molar refractivity (Wildman–Crippen MR) is 113 cm³/mol. The van der Waals surface area contributed by atoms with E-state index >= 15 is 0 Å². The lowest BCUT2D eigenvalue weighted by Crippen LogP contribution is -2.25. The van der Waals surface area contributed by atoms with Crippen molar-refractivity contribution in [3.63, 3.8) is 0 Å². The molecule has 1 aromatic carbocycles. The second-order valence-electron chi connectivity index (χ2n) is 6.65. The molecule has 148 valence electrons. The van der Waals surface area contributed by atoms with E-state index in [-0.39, 0.29) is 6.61 Å². The van der Waals surface area contributed by atoms with Gasteiger partial charge in [-0.05, 0) is 55.4 Å². The van der Waals surface area contributed by atoms with Crippen LogP contribution in [-0.4, -0.2) is 24.8 Å². The van der Waals surface area contributed by atoms with Crippen LogP contribution in [0.25, 0.3) is 0 Å². The predicted octanol–water partition coefficient (Wildman–Crippen LogP) is 4.86. The number of anilines is 1. The maximum atomic E-state index is 12.5. The third-order valence-electron chi connectivity index (χ3n) is 4.47. The number of carbonyl (C=O) groups is 2. The number of nitrogens with one attached hydrogen (secondary N) is 2. The lowest BCUT2D eigenvalue weighted by atomic mass is 9.88. The van der Waals surface area contributed by atoms with Gasteiger partial charge >= 0.3 is 12.0 Å². The minimum atomic E-state index is -0.512. The van der Waals surface area contributed by atoms with Crippen LogP contribution in [0.5, 0.6) is 0 Å². The van der Waals surface area contributed by atoms with Crippen LogP contribution >= 0.6 is 22.9 Å². The Bertz CT molecular complexity index is 893. The maximum Gasteiger partial charge on any atom is 0.341 e. The first-order chi connectivity index (χ1) is 13.5. The highest BCUT2D eigenvalue weighted by molar-refractivity contribution is 7.17. The molecule has 0 fully saturated rings. The molecule has 0 saturated heterocycles. The first kappa shape index (κ1) is 20.4. The largest absolute Gasteiger partial charge is 0.462 e. The van der Waals surface area contributed by atoms with E-state index in [1.54, 1.807) is 31.2 Å². The Morgan fingerprint density at radius 2 is 2.11 bits per heavy atom. The summed E-state index contributed by atoms with van der Waals surface area (Å²) in [6, 6.07) is 6.55. The molecule has 1 atom stereocenters. The van der Waals surface area contributed by atoms with Crippen molar-refractivity contribution in [2.75, 3.05) is 11.9 Å². The van der Waals surface area contributed by atoms with Gasteiger partial charge in [-0.3, -0.25) is 5.32 Å². The maximum absolute atomic E-state index is 12.5. The molecule has 2 aromatic rings. The van der Waals surface area contributed by atoms with Crippen LogP contribution in [0.3, 0.4) is 0 Å². The van der Waals surface area contributed by atoms with Crippen molar-refractivity contribution in [1.82, 2.24) is 5.43 Å². The number of thiophene rings is 1. The molecular weight excluding hydrogens is 398 g/mol. The van der Waals surface area contributed by atoms with Gasteiger partial charge in [0, 0.05) is 9.90 Å². The summed E-state index contributed by atoms with van der Waals surface area (Å²) in [6.45, 7) is 4.25. The molecule has 0 unspecified atom stereocenters. The zero-order chi connectivity index (χ0) is 20.1. The highest BCUT2D eigenvalue weighted by atomic mass is 35.5. The van der Waals surface area contributed by atoms with Gasteiger partial charge in [0.15, 0.2) is 0 Å². The lowest BCUT2D eigenvalue weighted by molar-refractivity contribution is 0.0526. The number of hydrogen-bond donors (Lipinski definition) is 2. The SMILES string of the molecule is CCOC(=O)c1c(NC(=O)N/N=C\c2ccc(Cl)cc2)sc2c1CC[C@@H](C)C2. The van der Waals surface area contributed by atoms with Gasteiger partial charge in [0.05, 0.1) is 18.4 Å². The van der Waals surface area contributed by atoms with Crippen LogP contribution in [0.4, 0.5) is 9.80 Å². The number of nitrogens with zero attached hydrogens (tertiary/aromatic N) is 1. The Balaban J connectivity index is 1.72. The second-order valence-corrected chi connectivity index (χ2v) is 8.19. The monoisotopic (exact) mass is 419 g/mol. The standard InChI is InChI=1S/C20H22ClN3O3S/c1-3-27-19(25)17-15-9-4-12(2)10-16(15)28-18(17)23-20(26)24-22-11-13-5-7-14(21)8-6-13/h5-8,11-12H,3-4,9-10H2,1-2H3,(H2,23,24,26)/b22-11-/t12-/m1/s1. The number of esters is 1. The highest BCUT2D eigenvalue weighted by Gasteiger charge is 2.29. The summed E-state index contributed by atoms with van der Waals surface area (Å²) >= 11 is 7.28. The molecule has 0 bridgehead atoms. The van der Waals surface area contributed by atoms with Crippen molar-refractivity contribution in [1.29, 1.82) is 0 Å². The number of carbonyl (C=O) groups excluding carboxylic acids is 2. The summed E-state index contributed by atoms with van der Waals surface area (Å²) < 4.78 is 5.21. The molecule has 2 amide bonds. The first-order valence-corrected chi connectivity index (χ1v) is 10.3. The van der Waals surface area contributed by atoms with Crippen LogP contribution in [0, 0.1) is 5.92 Å². The van der Waals surface area contributed by atoms with Crippen molar-refractivity contribution in [3.05, 3.63) is 50.9 Å². The minimum absolute atomic E-state index is 0.289. The molecule has 28 heavy (non-hydrogen) atoms. The van der Waals surface area contributed by atoms with Gasteiger partial charge in [-0.15, -0.1) is 11.3 Å². The normalized spacial score (nSPS) is 15.9. The molecule has 1 aliphatic carbocycles. The van der Waals surface area contributed by atoms with E-state index in [0.717, 1.165) is 35.3 Å². The van der Waals surface area contributed by atoms with E-state index in [0.29, 0.717) is 21.5 Å². The van der Waals surface area contributed by atoms with E-state index in [2.05, 4.69) is 22.8 Å². The molecule has 1 heterocycles. The molecule has 8 heteroatoms. The Labute approximate surface area is 172 Å². The molecule has 0 spiro atoms. The molecule has 0 saturated carbocycles. The van der Waals surface area contributed by atoms with Gasteiger partial charge in [-0.1, -0.05) is 30.7 Å². The number of urea groups is 1. The van der Waals surface area contributed by atoms with Gasteiger partial charge in [-0.2, -0.15) is 5.10 Å². The van der Waals surface area contributed by atoms with Crippen molar-refractivity contribution in [2.45, 2.75) is 33.1 Å². The zero-order valence-corrected chi connectivity index (χ0v) is 17.3. The van der Waals surface area contributed by atoms with Gasteiger partial charge in [0.25, 0.3) is 0 Å². The summed E-state index contributed by atoms with van der Waals surface area (Å²) in [5, 5.41) is 7.82. The fourth-order valence-electron chi connectivity index (χ4n) is 3.10. The van der Waals surface area contributed by atoms with Gasteiger partial charge in [-0.25, -0.2) is 15.0 Å². The molecule has 1 aromatic heterocycles. The van der Waals surface area contributed by atoms with Gasteiger partial charge in [0.2, 0.25) is 0 Å². The second kappa shape index (κ2) is 9.21. The van der Waals surface area contributed by atoms with Crippen molar-refractivity contribution in [3.8, 4) is 0 Å². The topological polar surface area (TPSA) is 79.8 Å². The summed E-state index contributed by atoms with van der Waals surface area (Å²) in [4.78, 5) is 25.9. The quantitative estimate of drug-likeness (QED) is 0.412. The number of hydrazone groups is 1. The molecular formula is C20H22ClN3O3S. The van der Waals surface area contributed by atoms with Gasteiger partial charge < -0.3 is 4.74 Å². The summed E-state index contributed by atoms with van der Waals surface area (Å²) in [5.74, 6) is 0.168. The number of halogens is 1. The van der Waals surface area contributed by atoms with Crippen molar-refractivity contribution >= 4 is 46.2 Å². The molecule has 6 nitrogen and oxygen atoms in total. The van der Waals surface area contributed by atoms with Crippen LogP contribution < -0.4 is 10.7 Å². The fourth-order valence-corrected chi connectivity index (χ4v) is 4.62. The number of rotatable bonds is 5. The van der Waals surface area contributed by atoms with Crippen molar-refractivity contribution in [2.24, 2.45) is 11.0 Å². The molecule has 0 radical (unpaired) electrons. The number of hydrogen-bond acceptors (Lipinski definition) is 5. The zero-order valence-electron chi connectivity index (χ0n) is 15.8. The van der Waals surface area contributed by atoms with Crippen LogP contribution in [0.2, 0.25) is 5.02 Å². The van der Waals surface area contributed by atoms with Crippen molar-refractivity contribution < 1.29 is 14.3 Å². The summed E-state index contributed by atoms with van der Waals surface area (Å²) in [7, 11) is 0. The number of ether oxygens (including phenoxy) is 1. The van der Waals surface area contributed by atoms with E-state index < -0.39 is 12.0 Å². The van der Waals surface area contributed by atoms with E-state index in [1.807, 2.05) is 0 Å². The highest BCUT2D eigenvalue weighted by Crippen LogP contribution is 2.40. The Kier molecular flexibility index (Phi) is 6.70. The summed E-state index contributed by atoms with van der Waals surface area (Å²) in [5.41, 5.74) is 4.70. The van der Waals surface area contributed by atoms with Crippen LogP contribution in [0.1, 0.15) is 46.6 Å². The summed E-state index contributed by atoms with van der Waals surface area (Å²) in [6.07, 6.45) is 4.26. The number of benzene rings is 1. The Morgan fingerprint density at radius 1 is 1.36 bits per heavy atom. The van der Waals surface area contributed by atoms with Crippen LogP contribution in [0.15, 0.2) is 29.4 Å². The van der Waals surface area contributed by atoms with E-state index in [1.165, 1.54) is 17.6 Å². The Morgan fingerprint density at radius 3 is 2.82 bits per heavy atom. The van der Waals surface area contributed by atoms with E-state index in [9.17, 15) is 9.59 Å². The fraction of sp³-hybridized carbons (Fsp3) is 0.350. The average Bonchev–Trinajstić information content (AvgIpc) is 3.00. The number of fused-ring (bicyclic) bond motifs is 1. The average molecular weight is 420 g/mol. The lowest BCUT2D eigenvalue weighted by Gasteiger charge is -2.18. The first-order valence-electron chi connectivity index (χ1n) is 9.15. The van der Waals surface area contributed by atoms with E-state index in [4.69, 9.17) is 16.3 Å². The van der Waals surface area contributed by atoms with Crippen LogP contribution in [-0.2, 0) is 17.6 Å². The third kappa shape index (κ3) is 4.91. The molecule has 1 aliphatic rings. The molecule has 0 aliphatic heterocycles. The molecule has 3 rings (SSSR count).